The molecule has 0 bridgehead atoms. The van der Waals surface area contributed by atoms with Crippen molar-refractivity contribution in [2.24, 2.45) is 0 Å². The molecule has 0 aliphatic carbocycles. The minimum atomic E-state index is -3.69. The molecular formula is C11H8F2N2O4S. The molecule has 2 rings (SSSR count). The van der Waals surface area contributed by atoms with E-state index in [1.165, 1.54) is 0 Å². The number of hydrogen-bond acceptors (Lipinski definition) is 6. The highest BCUT2D eigenvalue weighted by Gasteiger charge is 2.16. The fraction of sp³-hybridized carbons (Fsp3) is 0.0909. The van der Waals surface area contributed by atoms with Crippen LogP contribution in [0, 0.1) is 11.6 Å². The molecule has 0 spiro atoms. The lowest BCUT2D eigenvalue weighted by Crippen LogP contribution is -2.04. The number of benzene rings is 1. The van der Waals surface area contributed by atoms with Gasteiger partial charge in [0.25, 0.3) is 5.88 Å². The lowest BCUT2D eigenvalue weighted by Gasteiger charge is -2.07. The van der Waals surface area contributed by atoms with E-state index in [4.69, 9.17) is 4.74 Å². The van der Waals surface area contributed by atoms with Gasteiger partial charge >= 0.3 is 0 Å². The summed E-state index contributed by atoms with van der Waals surface area (Å²) in [5.74, 6) is -3.27. The number of nitrogens with zero attached hydrogens (tertiary/aromatic N) is 2. The second-order valence-corrected chi connectivity index (χ2v) is 5.70. The van der Waals surface area contributed by atoms with Crippen molar-refractivity contribution in [3.63, 3.8) is 0 Å². The lowest BCUT2D eigenvalue weighted by molar-refractivity contribution is 0.374. The average molecular weight is 302 g/mol. The minimum absolute atomic E-state index is 0.358. The first-order valence-corrected chi connectivity index (χ1v) is 7.05. The summed E-state index contributed by atoms with van der Waals surface area (Å²) in [7, 11) is -3.69. The molecule has 1 N–H and O–H groups in total. The Morgan fingerprint density at radius 3 is 2.50 bits per heavy atom. The van der Waals surface area contributed by atoms with Crippen LogP contribution in [0.5, 0.6) is 17.4 Å². The topological polar surface area (TPSA) is 89.4 Å². The van der Waals surface area contributed by atoms with Crippen molar-refractivity contribution >= 4 is 9.84 Å². The van der Waals surface area contributed by atoms with E-state index >= 15 is 0 Å². The summed E-state index contributed by atoms with van der Waals surface area (Å²) in [6, 6.07) is 2.56. The standard InChI is InChI=1S/C11H8F2N2O4S/c1-20(17,18)11-14-5-9(10(16)15-11)19-8-3-2-6(12)4-7(8)13/h2-5H,1H3,(H,14,15,16). The molecule has 0 unspecified atom stereocenters. The van der Waals surface area contributed by atoms with Gasteiger partial charge in [-0.1, -0.05) is 0 Å². The molecule has 0 atom stereocenters. The number of aromatic hydroxyl groups is 1. The predicted molar refractivity (Wildman–Crippen MR) is 63.2 cm³/mol. The Hall–Kier alpha value is -2.29. The Bertz CT molecular complexity index is 765. The van der Waals surface area contributed by atoms with Crippen LogP contribution in [0.2, 0.25) is 0 Å². The quantitative estimate of drug-likeness (QED) is 0.867. The molecular weight excluding hydrogens is 294 g/mol. The third kappa shape index (κ3) is 2.99. The van der Waals surface area contributed by atoms with Crippen molar-refractivity contribution in [2.45, 2.75) is 5.16 Å². The highest BCUT2D eigenvalue weighted by Crippen LogP contribution is 2.30. The zero-order chi connectivity index (χ0) is 14.9. The molecule has 1 aromatic heterocycles. The van der Waals surface area contributed by atoms with Crippen LogP contribution < -0.4 is 4.74 Å². The molecule has 0 aliphatic rings. The van der Waals surface area contributed by atoms with Crippen LogP contribution >= 0.6 is 0 Å². The lowest BCUT2D eigenvalue weighted by atomic mass is 10.3. The van der Waals surface area contributed by atoms with Gasteiger partial charge < -0.3 is 9.84 Å². The molecule has 0 fully saturated rings. The Morgan fingerprint density at radius 2 is 1.95 bits per heavy atom. The minimum Gasteiger partial charge on any atom is -0.491 e. The molecule has 0 saturated carbocycles. The number of hydrogen-bond donors (Lipinski definition) is 1. The zero-order valence-corrected chi connectivity index (χ0v) is 10.9. The molecule has 2 aromatic rings. The normalized spacial score (nSPS) is 11.3. The van der Waals surface area contributed by atoms with Crippen LogP contribution in [0.15, 0.2) is 29.6 Å². The molecule has 9 heteroatoms. The van der Waals surface area contributed by atoms with Crippen LogP contribution in [0.3, 0.4) is 0 Å². The summed E-state index contributed by atoms with van der Waals surface area (Å²) in [5.41, 5.74) is 0. The van der Waals surface area contributed by atoms with Crippen molar-refractivity contribution < 1.29 is 27.0 Å². The molecule has 0 radical (unpaired) electrons. The van der Waals surface area contributed by atoms with E-state index in [1.807, 2.05) is 0 Å². The number of rotatable bonds is 3. The SMILES string of the molecule is CS(=O)(=O)c1ncc(Oc2ccc(F)cc2F)c(O)n1. The first-order valence-electron chi connectivity index (χ1n) is 5.16. The monoisotopic (exact) mass is 302 g/mol. The highest BCUT2D eigenvalue weighted by atomic mass is 32.2. The van der Waals surface area contributed by atoms with Crippen molar-refractivity contribution in [3.8, 4) is 17.4 Å². The van der Waals surface area contributed by atoms with Crippen LogP contribution in [0.4, 0.5) is 8.78 Å². The highest BCUT2D eigenvalue weighted by molar-refractivity contribution is 7.90. The van der Waals surface area contributed by atoms with Gasteiger partial charge in [-0.25, -0.2) is 22.2 Å². The van der Waals surface area contributed by atoms with Gasteiger partial charge in [-0.05, 0) is 12.1 Å². The van der Waals surface area contributed by atoms with Crippen LogP contribution in [-0.2, 0) is 9.84 Å². The summed E-state index contributed by atoms with van der Waals surface area (Å²) < 4.78 is 53.4. The van der Waals surface area contributed by atoms with Gasteiger partial charge in [0.15, 0.2) is 11.6 Å². The number of ether oxygens (including phenoxy) is 1. The second kappa shape index (κ2) is 5.00. The Labute approximate surface area is 112 Å². The van der Waals surface area contributed by atoms with Gasteiger partial charge in [0, 0.05) is 12.3 Å². The first kappa shape index (κ1) is 14.1. The number of sulfone groups is 1. The fourth-order valence-electron chi connectivity index (χ4n) is 1.27. The van der Waals surface area contributed by atoms with Crippen molar-refractivity contribution in [3.05, 3.63) is 36.0 Å². The molecule has 1 aromatic carbocycles. The Kier molecular flexibility index (Phi) is 3.53. The molecule has 0 amide bonds. The van der Waals surface area contributed by atoms with E-state index in [9.17, 15) is 22.3 Å². The predicted octanol–water partition coefficient (Wildman–Crippen LogP) is 1.66. The van der Waals surface area contributed by atoms with E-state index in [1.54, 1.807) is 0 Å². The van der Waals surface area contributed by atoms with Crippen molar-refractivity contribution in [2.75, 3.05) is 6.26 Å². The van der Waals surface area contributed by atoms with E-state index in [2.05, 4.69) is 9.97 Å². The molecule has 1 heterocycles. The summed E-state index contributed by atoms with van der Waals surface area (Å²) in [6.45, 7) is 0. The maximum atomic E-state index is 13.4. The smallest absolute Gasteiger partial charge is 0.259 e. The van der Waals surface area contributed by atoms with E-state index in [0.29, 0.717) is 6.07 Å². The largest absolute Gasteiger partial charge is 0.491 e. The number of aromatic nitrogens is 2. The van der Waals surface area contributed by atoms with Crippen molar-refractivity contribution in [1.82, 2.24) is 9.97 Å². The van der Waals surface area contributed by atoms with Gasteiger partial charge in [-0.3, -0.25) is 0 Å². The molecule has 0 aliphatic heterocycles. The van der Waals surface area contributed by atoms with E-state index in [0.717, 1.165) is 24.6 Å². The van der Waals surface area contributed by atoms with Gasteiger partial charge in [-0.2, -0.15) is 4.98 Å². The summed E-state index contributed by atoms with van der Waals surface area (Å²) >= 11 is 0. The third-order valence-corrected chi connectivity index (χ3v) is 3.02. The van der Waals surface area contributed by atoms with E-state index < -0.39 is 32.5 Å². The van der Waals surface area contributed by atoms with Gasteiger partial charge in [-0.15, -0.1) is 0 Å². The average Bonchev–Trinajstić information content (AvgIpc) is 2.33. The zero-order valence-electron chi connectivity index (χ0n) is 10.0. The summed E-state index contributed by atoms with van der Waals surface area (Å²) in [5, 5.41) is 8.93. The Morgan fingerprint density at radius 1 is 1.25 bits per heavy atom. The fourth-order valence-corrected chi connectivity index (χ4v) is 1.77. The Balaban J connectivity index is 2.35. The van der Waals surface area contributed by atoms with Crippen LogP contribution in [0.25, 0.3) is 0 Å². The van der Waals surface area contributed by atoms with Crippen LogP contribution in [0.1, 0.15) is 0 Å². The first-order chi connectivity index (χ1) is 9.27. The maximum Gasteiger partial charge on any atom is 0.259 e. The summed E-state index contributed by atoms with van der Waals surface area (Å²) in [6.07, 6.45) is 1.74. The number of halogens is 2. The molecule has 106 valence electrons. The second-order valence-electron chi connectivity index (χ2n) is 3.79. The van der Waals surface area contributed by atoms with Gasteiger partial charge in [0.2, 0.25) is 20.7 Å². The van der Waals surface area contributed by atoms with Crippen LogP contribution in [-0.4, -0.2) is 29.7 Å². The molecule has 6 nitrogen and oxygen atoms in total. The van der Waals surface area contributed by atoms with E-state index in [-0.39, 0.29) is 11.5 Å². The molecule has 0 saturated heterocycles. The van der Waals surface area contributed by atoms with Gasteiger partial charge in [0.1, 0.15) is 5.82 Å². The molecule has 20 heavy (non-hydrogen) atoms. The third-order valence-electron chi connectivity index (χ3n) is 2.16. The van der Waals surface area contributed by atoms with Gasteiger partial charge in [0.05, 0.1) is 6.20 Å². The summed E-state index contributed by atoms with van der Waals surface area (Å²) in [4.78, 5) is 6.80. The maximum absolute atomic E-state index is 13.4. The van der Waals surface area contributed by atoms with Crippen molar-refractivity contribution in [1.29, 1.82) is 0 Å².